The monoisotopic (exact) mass is 265 g/mol. The van der Waals surface area contributed by atoms with Crippen molar-refractivity contribution >= 4 is 22.6 Å². The molecule has 0 atom stereocenters. The molecule has 2 aromatic rings. The lowest BCUT2D eigenvalue weighted by atomic mass is 10.2. The SMILES string of the molecule is Cc1c(Cl)ccc2nc(CNCC(C)C)n(C)c12. The highest BCUT2D eigenvalue weighted by Crippen LogP contribution is 2.25. The molecule has 0 unspecified atom stereocenters. The lowest BCUT2D eigenvalue weighted by Crippen LogP contribution is -2.20. The van der Waals surface area contributed by atoms with Crippen molar-refractivity contribution in [2.24, 2.45) is 13.0 Å². The number of rotatable bonds is 4. The standard InChI is InChI=1S/C14H20ClN3/c1-9(2)7-16-8-13-17-12-6-5-11(15)10(3)14(12)18(13)4/h5-6,9,16H,7-8H2,1-4H3. The zero-order valence-electron chi connectivity index (χ0n) is 11.4. The minimum atomic E-state index is 0.649. The van der Waals surface area contributed by atoms with Crippen LogP contribution in [0.2, 0.25) is 5.02 Å². The van der Waals surface area contributed by atoms with Gasteiger partial charge < -0.3 is 9.88 Å². The van der Waals surface area contributed by atoms with E-state index in [4.69, 9.17) is 11.6 Å². The summed E-state index contributed by atoms with van der Waals surface area (Å²) in [4.78, 5) is 4.65. The molecule has 1 heterocycles. The Labute approximate surface area is 113 Å². The molecule has 0 aliphatic carbocycles. The van der Waals surface area contributed by atoms with E-state index in [1.54, 1.807) is 0 Å². The maximum absolute atomic E-state index is 6.16. The molecule has 98 valence electrons. The van der Waals surface area contributed by atoms with Gasteiger partial charge in [-0.2, -0.15) is 0 Å². The Morgan fingerprint density at radius 1 is 1.39 bits per heavy atom. The first-order valence-electron chi connectivity index (χ1n) is 6.31. The van der Waals surface area contributed by atoms with E-state index in [9.17, 15) is 0 Å². The Morgan fingerprint density at radius 2 is 2.11 bits per heavy atom. The average Bonchev–Trinajstić information content (AvgIpc) is 2.62. The number of aromatic nitrogens is 2. The predicted molar refractivity (Wildman–Crippen MR) is 77.0 cm³/mol. The second kappa shape index (κ2) is 5.29. The third-order valence-corrected chi connectivity index (χ3v) is 3.56. The second-order valence-electron chi connectivity index (χ2n) is 5.15. The topological polar surface area (TPSA) is 29.9 Å². The maximum atomic E-state index is 6.16. The van der Waals surface area contributed by atoms with Crippen LogP contribution in [-0.2, 0) is 13.6 Å². The predicted octanol–water partition coefficient (Wildman–Crippen LogP) is 3.28. The number of hydrogen-bond donors (Lipinski definition) is 1. The van der Waals surface area contributed by atoms with Gasteiger partial charge in [0.1, 0.15) is 5.82 Å². The summed E-state index contributed by atoms with van der Waals surface area (Å²) in [5.41, 5.74) is 3.24. The van der Waals surface area contributed by atoms with Gasteiger partial charge in [0.2, 0.25) is 0 Å². The Morgan fingerprint density at radius 3 is 2.78 bits per heavy atom. The van der Waals surface area contributed by atoms with Gasteiger partial charge in [-0.1, -0.05) is 25.4 Å². The summed E-state index contributed by atoms with van der Waals surface area (Å²) in [6.07, 6.45) is 0. The van der Waals surface area contributed by atoms with Gasteiger partial charge in [0.15, 0.2) is 0 Å². The summed E-state index contributed by atoms with van der Waals surface area (Å²) < 4.78 is 2.13. The molecule has 3 nitrogen and oxygen atoms in total. The van der Waals surface area contributed by atoms with E-state index in [0.29, 0.717) is 5.92 Å². The van der Waals surface area contributed by atoms with Crippen molar-refractivity contribution in [3.63, 3.8) is 0 Å². The van der Waals surface area contributed by atoms with Gasteiger partial charge in [-0.05, 0) is 37.1 Å². The lowest BCUT2D eigenvalue weighted by molar-refractivity contribution is 0.538. The molecule has 4 heteroatoms. The summed E-state index contributed by atoms with van der Waals surface area (Å²) in [7, 11) is 2.05. The minimum absolute atomic E-state index is 0.649. The van der Waals surface area contributed by atoms with E-state index in [2.05, 4.69) is 28.7 Å². The lowest BCUT2D eigenvalue weighted by Gasteiger charge is -2.08. The molecular weight excluding hydrogens is 246 g/mol. The van der Waals surface area contributed by atoms with E-state index >= 15 is 0 Å². The molecule has 0 aliphatic rings. The molecule has 0 fully saturated rings. The van der Waals surface area contributed by atoms with E-state index in [1.807, 2.05) is 26.1 Å². The van der Waals surface area contributed by atoms with Gasteiger partial charge in [-0.25, -0.2) is 4.98 Å². The molecule has 0 aliphatic heterocycles. The van der Waals surface area contributed by atoms with Crippen molar-refractivity contribution in [3.8, 4) is 0 Å². The van der Waals surface area contributed by atoms with Crippen molar-refractivity contribution in [1.29, 1.82) is 0 Å². The normalized spacial score (nSPS) is 11.7. The molecule has 0 saturated heterocycles. The smallest absolute Gasteiger partial charge is 0.123 e. The largest absolute Gasteiger partial charge is 0.330 e. The summed E-state index contributed by atoms with van der Waals surface area (Å²) in [6.45, 7) is 8.23. The van der Waals surface area contributed by atoms with Gasteiger partial charge in [0, 0.05) is 12.1 Å². The fourth-order valence-corrected chi connectivity index (χ4v) is 2.30. The second-order valence-corrected chi connectivity index (χ2v) is 5.56. The summed E-state index contributed by atoms with van der Waals surface area (Å²) in [5, 5.41) is 4.22. The van der Waals surface area contributed by atoms with Crippen LogP contribution >= 0.6 is 11.6 Å². The number of benzene rings is 1. The zero-order valence-corrected chi connectivity index (χ0v) is 12.2. The van der Waals surface area contributed by atoms with Gasteiger partial charge in [-0.3, -0.25) is 0 Å². The van der Waals surface area contributed by atoms with Crippen LogP contribution in [0.15, 0.2) is 12.1 Å². The van der Waals surface area contributed by atoms with E-state index in [-0.39, 0.29) is 0 Å². The Balaban J connectivity index is 2.30. The summed E-state index contributed by atoms with van der Waals surface area (Å²) in [6, 6.07) is 3.90. The number of aryl methyl sites for hydroxylation is 2. The third kappa shape index (κ3) is 2.52. The van der Waals surface area contributed by atoms with Crippen LogP contribution in [0.5, 0.6) is 0 Å². The van der Waals surface area contributed by atoms with Crippen LogP contribution in [-0.4, -0.2) is 16.1 Å². The van der Waals surface area contributed by atoms with Gasteiger partial charge >= 0.3 is 0 Å². The van der Waals surface area contributed by atoms with Crippen LogP contribution in [0.25, 0.3) is 11.0 Å². The van der Waals surface area contributed by atoms with Gasteiger partial charge in [0.25, 0.3) is 0 Å². The number of fused-ring (bicyclic) bond motifs is 1. The fourth-order valence-electron chi connectivity index (χ4n) is 2.15. The minimum Gasteiger partial charge on any atom is -0.330 e. The number of imidazole rings is 1. The highest BCUT2D eigenvalue weighted by Gasteiger charge is 2.11. The van der Waals surface area contributed by atoms with Crippen LogP contribution in [0, 0.1) is 12.8 Å². The molecule has 1 N–H and O–H groups in total. The molecule has 2 rings (SSSR count). The maximum Gasteiger partial charge on any atom is 0.123 e. The average molecular weight is 266 g/mol. The first-order chi connectivity index (χ1) is 8.50. The quantitative estimate of drug-likeness (QED) is 0.919. The van der Waals surface area contributed by atoms with Crippen molar-refractivity contribution in [2.75, 3.05) is 6.54 Å². The van der Waals surface area contributed by atoms with E-state index in [1.165, 1.54) is 0 Å². The number of halogens is 1. The highest BCUT2D eigenvalue weighted by atomic mass is 35.5. The molecular formula is C14H20ClN3. The third-order valence-electron chi connectivity index (χ3n) is 3.15. The van der Waals surface area contributed by atoms with E-state index < -0.39 is 0 Å². The van der Waals surface area contributed by atoms with Crippen molar-refractivity contribution < 1.29 is 0 Å². The summed E-state index contributed by atoms with van der Waals surface area (Å²) >= 11 is 6.16. The molecule has 0 spiro atoms. The molecule has 1 aromatic carbocycles. The van der Waals surface area contributed by atoms with Crippen molar-refractivity contribution in [2.45, 2.75) is 27.3 Å². The van der Waals surface area contributed by atoms with Crippen LogP contribution < -0.4 is 5.32 Å². The molecule has 1 aromatic heterocycles. The van der Waals surface area contributed by atoms with Gasteiger partial charge in [0.05, 0.1) is 17.6 Å². The molecule has 18 heavy (non-hydrogen) atoms. The molecule has 0 amide bonds. The van der Waals surface area contributed by atoms with E-state index in [0.717, 1.165) is 40.5 Å². The van der Waals surface area contributed by atoms with Crippen molar-refractivity contribution in [1.82, 2.24) is 14.9 Å². The Hall–Kier alpha value is -1.06. The first kappa shape index (κ1) is 13.4. The number of nitrogens with one attached hydrogen (secondary N) is 1. The summed E-state index contributed by atoms with van der Waals surface area (Å²) in [5.74, 6) is 1.70. The Bertz CT molecular complexity index is 558. The number of hydrogen-bond acceptors (Lipinski definition) is 2. The van der Waals surface area contributed by atoms with Gasteiger partial charge in [-0.15, -0.1) is 0 Å². The fraction of sp³-hybridized carbons (Fsp3) is 0.500. The van der Waals surface area contributed by atoms with Crippen molar-refractivity contribution in [3.05, 3.63) is 28.5 Å². The zero-order chi connectivity index (χ0) is 13.3. The molecule has 0 saturated carbocycles. The van der Waals surface area contributed by atoms with Crippen LogP contribution in [0.1, 0.15) is 25.2 Å². The number of nitrogens with zero attached hydrogens (tertiary/aromatic N) is 2. The van der Waals surface area contributed by atoms with Crippen LogP contribution in [0.3, 0.4) is 0 Å². The molecule has 0 radical (unpaired) electrons. The molecule has 0 bridgehead atoms. The Kier molecular flexibility index (Phi) is 3.93. The first-order valence-corrected chi connectivity index (χ1v) is 6.69. The highest BCUT2D eigenvalue weighted by molar-refractivity contribution is 6.32. The van der Waals surface area contributed by atoms with Crippen LogP contribution in [0.4, 0.5) is 0 Å².